The zero-order valence-electron chi connectivity index (χ0n) is 31.6. The highest BCUT2D eigenvalue weighted by molar-refractivity contribution is 8.01. The van der Waals surface area contributed by atoms with Crippen molar-refractivity contribution in [1.82, 2.24) is 20.3 Å². The van der Waals surface area contributed by atoms with Gasteiger partial charge in [-0.05, 0) is 34.4 Å². The minimum absolute atomic E-state index is 0.130. The number of β-lactam (4-membered cyclic amide) rings is 1. The summed E-state index contributed by atoms with van der Waals surface area (Å²) in [4.78, 5) is 62.1. The van der Waals surface area contributed by atoms with Gasteiger partial charge in [0, 0.05) is 40.1 Å². The molecule has 1 fully saturated rings. The lowest BCUT2D eigenvalue weighted by Gasteiger charge is -2.44. The number of aromatic nitrogens is 3. The van der Waals surface area contributed by atoms with E-state index in [1.54, 1.807) is 28.0 Å². The van der Waals surface area contributed by atoms with E-state index in [0.717, 1.165) is 21.6 Å². The summed E-state index contributed by atoms with van der Waals surface area (Å²) in [6.45, 7) is 0. The zero-order valence-corrected chi connectivity index (χ0v) is 34.0. The van der Waals surface area contributed by atoms with E-state index < -0.39 is 17.4 Å². The molecule has 0 radical (unpaired) electrons. The molecular formula is C43H37N8O5S3+. The van der Waals surface area contributed by atoms with Crippen molar-refractivity contribution in [1.29, 1.82) is 0 Å². The Morgan fingerprint density at radius 2 is 1.56 bits per heavy atom. The number of oxime groups is 1. The average Bonchev–Trinajstić information content (AvgIpc) is 3.75. The monoisotopic (exact) mass is 841 g/mol. The van der Waals surface area contributed by atoms with E-state index in [4.69, 9.17) is 14.7 Å². The van der Waals surface area contributed by atoms with E-state index in [1.165, 1.54) is 35.1 Å². The number of pyridine rings is 2. The van der Waals surface area contributed by atoms with Gasteiger partial charge in [0.25, 0.3) is 0 Å². The Balaban J connectivity index is 0.990. The number of fused-ring (bicyclic) bond motifs is 1. The molecule has 0 bridgehead atoms. The van der Waals surface area contributed by atoms with Crippen LogP contribution in [-0.2, 0) is 29.6 Å². The average molecular weight is 842 g/mol. The Labute approximate surface area is 352 Å². The number of carbonyl (C=O) groups is 3. The normalized spacial score (nSPS) is 15.1. The third-order valence-electron chi connectivity index (χ3n) is 9.54. The molecule has 3 aromatic carbocycles. The first-order valence-electron chi connectivity index (χ1n) is 18.4. The van der Waals surface area contributed by atoms with E-state index in [9.17, 15) is 14.4 Å². The van der Waals surface area contributed by atoms with Crippen molar-refractivity contribution in [3.63, 3.8) is 0 Å². The largest absolute Gasteiger partial charge is 0.398 e. The molecule has 3 N–H and O–H groups in total. The highest BCUT2D eigenvalue weighted by Crippen LogP contribution is 2.42. The maximum atomic E-state index is 13.7. The number of nitrogens with zero attached hydrogens (tertiary/aromatic N) is 5. The number of anilines is 2. The van der Waals surface area contributed by atoms with Crippen LogP contribution in [0.4, 0.5) is 10.9 Å². The number of hydroxylamine groups is 1. The molecular weight excluding hydrogens is 805 g/mol. The Morgan fingerprint density at radius 3 is 2.15 bits per heavy atom. The molecule has 1 atom stereocenters. The molecule has 6 aromatic rings. The molecule has 3 aromatic heterocycles. The predicted octanol–water partition coefficient (Wildman–Crippen LogP) is 6.38. The molecule has 13 nitrogen and oxygen atoms in total. The quantitative estimate of drug-likeness (QED) is 0.0280. The summed E-state index contributed by atoms with van der Waals surface area (Å²) in [5.74, 6) is -0.258. The molecule has 2 aliphatic heterocycles. The molecule has 0 saturated carbocycles. The summed E-state index contributed by atoms with van der Waals surface area (Å²) in [6.07, 6.45) is 5.77. The fourth-order valence-electron chi connectivity index (χ4n) is 6.76. The van der Waals surface area contributed by atoms with Crippen LogP contribution in [0, 0.1) is 0 Å². The van der Waals surface area contributed by atoms with Crippen molar-refractivity contribution in [3.8, 4) is 0 Å². The number of thiazole rings is 1. The highest BCUT2D eigenvalue weighted by Gasteiger charge is 2.46. The van der Waals surface area contributed by atoms with Crippen LogP contribution in [-0.4, -0.2) is 62.4 Å². The molecule has 2 aliphatic rings. The van der Waals surface area contributed by atoms with Gasteiger partial charge in [0.1, 0.15) is 24.0 Å². The summed E-state index contributed by atoms with van der Waals surface area (Å²) < 4.78 is 1.79. The second-order valence-electron chi connectivity index (χ2n) is 13.2. The Morgan fingerprint density at radius 1 is 0.915 bits per heavy atom. The molecule has 0 aliphatic carbocycles. The first-order chi connectivity index (χ1) is 28.9. The minimum atomic E-state index is -0.859. The topological polar surface area (TPSA) is 151 Å². The van der Waals surface area contributed by atoms with E-state index in [1.807, 2.05) is 97.3 Å². The number of rotatable bonds is 14. The fourth-order valence-corrected chi connectivity index (χ4v) is 9.80. The van der Waals surface area contributed by atoms with Crippen molar-refractivity contribution in [2.24, 2.45) is 5.16 Å². The van der Waals surface area contributed by atoms with Gasteiger partial charge in [-0.3, -0.25) is 14.5 Å². The van der Waals surface area contributed by atoms with Gasteiger partial charge in [-0.15, -0.1) is 40.3 Å². The third-order valence-corrected chi connectivity index (χ3v) is 12.7. The van der Waals surface area contributed by atoms with Gasteiger partial charge >= 0.3 is 11.9 Å². The highest BCUT2D eigenvalue weighted by atomic mass is 32.2. The fraction of sp³-hybridized carbons (Fsp3) is 0.140. The first-order valence-corrected chi connectivity index (χ1v) is 21.4. The van der Waals surface area contributed by atoms with Gasteiger partial charge in [0.2, 0.25) is 18.3 Å². The number of amides is 2. The predicted molar refractivity (Wildman–Crippen MR) is 228 cm³/mol. The maximum Gasteiger partial charge on any atom is 0.379 e. The second kappa shape index (κ2) is 18.0. The van der Waals surface area contributed by atoms with E-state index in [0.29, 0.717) is 34.4 Å². The van der Waals surface area contributed by atoms with Crippen molar-refractivity contribution in [2.45, 2.75) is 22.2 Å². The molecule has 296 valence electrons. The van der Waals surface area contributed by atoms with Crippen LogP contribution in [0.15, 0.2) is 167 Å². The van der Waals surface area contributed by atoms with E-state index in [2.05, 4.69) is 62.8 Å². The number of thioether (sulfide) groups is 2. The lowest BCUT2D eigenvalue weighted by atomic mass is 9.77. The molecule has 2 amide bonds. The van der Waals surface area contributed by atoms with Gasteiger partial charge in [-0.1, -0.05) is 107 Å². The maximum absolute atomic E-state index is 13.7. The standard InChI is InChI=1S/C43H36N8O5S3/c1-55-48-38(34-28-59-42(45-34)46-43(30-13-5-2-6-14-30,31-15-7-3-8-16-31)32-17-9-4-10-18-32)40(53)49-56-41(54)39-29(27-58-37-25-36(52)51(37)39)26-57-33-20-23-50(24-21-33)47-35-19-11-12-22-44-35/h2-24,28,37H,25-27H2,1H3,(H2-,44,45,46,47,49,53)/p+1/b48-38-/t37-/m0/s1. The zero-order chi connectivity index (χ0) is 40.6. The van der Waals surface area contributed by atoms with Crippen molar-refractivity contribution in [3.05, 3.63) is 179 Å². The van der Waals surface area contributed by atoms with Crippen LogP contribution >= 0.6 is 34.9 Å². The summed E-state index contributed by atoms with van der Waals surface area (Å²) in [6, 6.07) is 39.7. The third kappa shape index (κ3) is 8.55. The van der Waals surface area contributed by atoms with Crippen LogP contribution < -0.4 is 20.9 Å². The van der Waals surface area contributed by atoms with Crippen molar-refractivity contribution >= 4 is 69.3 Å². The van der Waals surface area contributed by atoms with Crippen molar-refractivity contribution < 1.29 is 28.7 Å². The molecule has 1 saturated heterocycles. The lowest BCUT2D eigenvalue weighted by Crippen LogP contribution is -2.54. The van der Waals surface area contributed by atoms with Crippen LogP contribution in [0.3, 0.4) is 0 Å². The number of carbonyl (C=O) groups excluding carboxylic acids is 3. The van der Waals surface area contributed by atoms with Gasteiger partial charge < -0.3 is 15.0 Å². The smallest absolute Gasteiger partial charge is 0.379 e. The number of benzene rings is 3. The van der Waals surface area contributed by atoms with E-state index >= 15 is 0 Å². The summed E-state index contributed by atoms with van der Waals surface area (Å²) >= 11 is 4.39. The van der Waals surface area contributed by atoms with Gasteiger partial charge in [-0.25, -0.2) is 14.8 Å². The summed E-state index contributed by atoms with van der Waals surface area (Å²) in [7, 11) is 1.31. The van der Waals surface area contributed by atoms with Crippen LogP contribution in [0.1, 0.15) is 28.8 Å². The van der Waals surface area contributed by atoms with Crippen LogP contribution in [0.5, 0.6) is 0 Å². The molecule has 5 heterocycles. The Hall–Kier alpha value is -6.49. The second-order valence-corrected chi connectivity index (χ2v) is 16.3. The molecule has 0 unspecified atom stereocenters. The lowest BCUT2D eigenvalue weighted by molar-refractivity contribution is -0.643. The van der Waals surface area contributed by atoms with Crippen molar-refractivity contribution in [2.75, 3.05) is 29.4 Å². The molecule has 59 heavy (non-hydrogen) atoms. The number of nitrogens with one attached hydrogen (secondary N) is 3. The number of hydrogen-bond donors (Lipinski definition) is 3. The molecule has 16 heteroatoms. The Bertz CT molecular complexity index is 2390. The van der Waals surface area contributed by atoms with Crippen LogP contribution in [0.25, 0.3) is 0 Å². The minimum Gasteiger partial charge on any atom is -0.398 e. The SMILES string of the molecule is CO/N=C(\C(=O)NOC(=O)C1=C(CSc2cc[n+](Nc3ccccn3)cc2)CS[C@H]2CC(=O)N12)c1csc(NC(c2ccccc2)(c2ccccc2)c2ccccc2)n1. The summed E-state index contributed by atoms with van der Waals surface area (Å²) in [5, 5.41) is 9.65. The van der Waals surface area contributed by atoms with Crippen LogP contribution in [0.2, 0.25) is 0 Å². The van der Waals surface area contributed by atoms with Gasteiger partial charge in [-0.2, -0.15) is 5.48 Å². The van der Waals surface area contributed by atoms with Gasteiger partial charge in [0.05, 0.1) is 11.8 Å². The van der Waals surface area contributed by atoms with Gasteiger partial charge in [0.15, 0.2) is 16.7 Å². The molecule has 0 spiro atoms. The number of hydrogen-bond acceptors (Lipinski definition) is 13. The molecule has 8 rings (SSSR count). The van der Waals surface area contributed by atoms with E-state index in [-0.39, 0.29) is 28.4 Å². The Kier molecular flexibility index (Phi) is 12.0. The first kappa shape index (κ1) is 39.3. The summed E-state index contributed by atoms with van der Waals surface area (Å²) in [5.41, 5.74) is 8.32.